The van der Waals surface area contributed by atoms with Crippen molar-refractivity contribution in [3.8, 4) is 0 Å². The summed E-state index contributed by atoms with van der Waals surface area (Å²) in [5.41, 5.74) is 3.14. The second-order valence-electron chi connectivity index (χ2n) is 7.87. The van der Waals surface area contributed by atoms with Gasteiger partial charge in [-0.15, -0.1) is 0 Å². The Kier molecular flexibility index (Phi) is 5.76. The Bertz CT molecular complexity index is 1080. The van der Waals surface area contributed by atoms with Crippen LogP contribution in [0.15, 0.2) is 42.2 Å². The molecule has 2 atom stereocenters. The zero-order valence-corrected chi connectivity index (χ0v) is 17.5. The second-order valence-corrected chi connectivity index (χ2v) is 7.87. The van der Waals surface area contributed by atoms with Gasteiger partial charge in [0.1, 0.15) is 11.6 Å². The van der Waals surface area contributed by atoms with E-state index in [4.69, 9.17) is 4.74 Å². The van der Waals surface area contributed by atoms with Gasteiger partial charge in [-0.05, 0) is 55.8 Å². The van der Waals surface area contributed by atoms with Crippen LogP contribution in [-0.2, 0) is 17.6 Å². The third-order valence-corrected chi connectivity index (χ3v) is 5.77. The molecule has 2 unspecified atom stereocenters. The van der Waals surface area contributed by atoms with Gasteiger partial charge in [-0.3, -0.25) is 9.36 Å². The smallest absolute Gasteiger partial charge is 0.418 e. The normalized spacial score (nSPS) is 19.5. The average Bonchev–Trinajstić information content (AvgIpc) is 2.92. The van der Waals surface area contributed by atoms with Crippen molar-refractivity contribution in [2.45, 2.75) is 39.2 Å². The van der Waals surface area contributed by atoms with Crippen molar-refractivity contribution in [3.63, 3.8) is 0 Å². The van der Waals surface area contributed by atoms with Crippen LogP contribution in [0.3, 0.4) is 0 Å². The van der Waals surface area contributed by atoms with Crippen LogP contribution in [0.4, 0.5) is 19.3 Å². The lowest BCUT2D eigenvalue weighted by Crippen LogP contribution is -2.39. The first-order valence-electron chi connectivity index (χ1n) is 10.4. The topological polar surface area (TPSA) is 60.3 Å². The van der Waals surface area contributed by atoms with E-state index in [2.05, 4.69) is 5.32 Å². The number of nitrogens with zero attached hydrogens (tertiary/aromatic N) is 1. The lowest BCUT2D eigenvalue weighted by molar-refractivity contribution is 0.0903. The minimum Gasteiger partial charge on any atom is -0.449 e. The maximum absolute atomic E-state index is 13.9. The quantitative estimate of drug-likeness (QED) is 0.674. The number of hydrogen-bond donors (Lipinski definition) is 1. The lowest BCUT2D eigenvalue weighted by Gasteiger charge is -2.31. The molecule has 2 aromatic rings. The van der Waals surface area contributed by atoms with Crippen molar-refractivity contribution < 1.29 is 23.1 Å². The van der Waals surface area contributed by atoms with Crippen molar-refractivity contribution in [1.29, 1.82) is 0 Å². The Hall–Kier alpha value is -3.22. The molecule has 0 radical (unpaired) electrons. The Morgan fingerprint density at radius 3 is 2.61 bits per heavy atom. The number of aromatic nitrogens is 1. The van der Waals surface area contributed by atoms with E-state index in [9.17, 15) is 18.4 Å². The van der Waals surface area contributed by atoms with Crippen LogP contribution in [0.1, 0.15) is 47.6 Å². The standard InChI is InChI=1S/C24H24F2N2O3/c1-3-12-31-24(30)28-20-11-9-17(26)8-10-18(20)22-21(28)13-19(14(2)27-22)23(29)15-4-6-16(25)7-5-15/h4-10,14,19,27H,3,11-13H2,1-2H3. The lowest BCUT2D eigenvalue weighted by atomic mass is 9.84. The molecular formula is C24H24F2N2O3. The molecule has 1 aromatic heterocycles. The highest BCUT2D eigenvalue weighted by molar-refractivity contribution is 5.99. The molecule has 0 fully saturated rings. The summed E-state index contributed by atoms with van der Waals surface area (Å²) in [7, 11) is 0. The van der Waals surface area contributed by atoms with E-state index in [1.807, 2.05) is 13.8 Å². The predicted molar refractivity (Wildman–Crippen MR) is 114 cm³/mol. The zero-order chi connectivity index (χ0) is 22.1. The number of ketones is 1. The fourth-order valence-electron chi connectivity index (χ4n) is 4.19. The molecule has 1 N–H and O–H groups in total. The molecule has 162 valence electrons. The highest BCUT2D eigenvalue weighted by Crippen LogP contribution is 2.39. The second kappa shape index (κ2) is 8.49. The van der Waals surface area contributed by atoms with Gasteiger partial charge < -0.3 is 10.1 Å². The number of hydrogen-bond acceptors (Lipinski definition) is 4. The van der Waals surface area contributed by atoms with Crippen LogP contribution in [-0.4, -0.2) is 29.1 Å². The Labute approximate surface area is 179 Å². The molecule has 1 aromatic carbocycles. The van der Waals surface area contributed by atoms with Crippen molar-refractivity contribution >= 4 is 23.6 Å². The van der Waals surface area contributed by atoms with E-state index in [1.54, 1.807) is 6.08 Å². The van der Waals surface area contributed by atoms with Crippen LogP contribution in [0.5, 0.6) is 0 Å². The summed E-state index contributed by atoms with van der Waals surface area (Å²) in [6, 6.07) is 5.24. The van der Waals surface area contributed by atoms with Crippen molar-refractivity contribution in [1.82, 2.24) is 4.57 Å². The number of nitrogens with one attached hydrogen (secondary N) is 1. The van der Waals surface area contributed by atoms with Crippen LogP contribution >= 0.6 is 0 Å². The van der Waals surface area contributed by atoms with Gasteiger partial charge >= 0.3 is 6.09 Å². The van der Waals surface area contributed by atoms with E-state index < -0.39 is 17.8 Å². The SMILES string of the molecule is CCCOC(=O)n1c2c(c3c1CC(C(=O)c1ccc(F)cc1)C(C)N3)C=CC(F)=CC2. The summed E-state index contributed by atoms with van der Waals surface area (Å²) in [6.45, 7) is 4.07. The molecule has 1 aliphatic heterocycles. The maximum Gasteiger partial charge on any atom is 0.418 e. The number of rotatable bonds is 4. The highest BCUT2D eigenvalue weighted by Gasteiger charge is 2.37. The Morgan fingerprint density at radius 1 is 1.16 bits per heavy atom. The number of anilines is 1. The third kappa shape index (κ3) is 3.92. The zero-order valence-electron chi connectivity index (χ0n) is 17.5. The number of carbonyl (C=O) groups is 2. The number of Topliss-reactive ketones (excluding diaryl/α,β-unsaturated/α-hetero) is 1. The van der Waals surface area contributed by atoms with Crippen LogP contribution in [0.2, 0.25) is 0 Å². The summed E-state index contributed by atoms with van der Waals surface area (Å²) in [4.78, 5) is 26.1. The molecule has 2 heterocycles. The van der Waals surface area contributed by atoms with Crippen molar-refractivity contribution in [2.24, 2.45) is 5.92 Å². The average molecular weight is 426 g/mol. The molecule has 0 saturated carbocycles. The minimum atomic E-state index is -0.534. The number of fused-ring (bicyclic) bond motifs is 3. The number of halogens is 2. The summed E-state index contributed by atoms with van der Waals surface area (Å²) in [6.07, 6.45) is 5.12. The van der Waals surface area contributed by atoms with Gasteiger partial charge in [0.2, 0.25) is 0 Å². The maximum atomic E-state index is 13.9. The number of ether oxygens (including phenoxy) is 1. The molecule has 4 rings (SSSR count). The first-order chi connectivity index (χ1) is 14.9. The molecule has 2 aliphatic rings. The summed E-state index contributed by atoms with van der Waals surface area (Å²) in [5.74, 6) is -1.36. The van der Waals surface area contributed by atoms with Crippen LogP contribution in [0.25, 0.3) is 6.08 Å². The number of benzene rings is 1. The van der Waals surface area contributed by atoms with Gasteiger partial charge in [0, 0.05) is 41.6 Å². The minimum absolute atomic E-state index is 0.128. The molecule has 1 aliphatic carbocycles. The molecule has 5 nitrogen and oxygen atoms in total. The summed E-state index contributed by atoms with van der Waals surface area (Å²) < 4.78 is 34.0. The number of carbonyl (C=O) groups excluding carboxylic acids is 2. The summed E-state index contributed by atoms with van der Waals surface area (Å²) in [5, 5.41) is 3.35. The van der Waals surface area contributed by atoms with E-state index in [-0.39, 0.29) is 30.7 Å². The van der Waals surface area contributed by atoms with E-state index in [0.29, 0.717) is 29.8 Å². The van der Waals surface area contributed by atoms with Crippen molar-refractivity contribution in [2.75, 3.05) is 11.9 Å². The van der Waals surface area contributed by atoms with E-state index in [0.717, 1.165) is 11.3 Å². The number of allylic oxidation sites excluding steroid dienone is 3. The molecule has 7 heteroatoms. The third-order valence-electron chi connectivity index (χ3n) is 5.77. The first kappa shape index (κ1) is 21.0. The molecule has 0 amide bonds. The Morgan fingerprint density at radius 2 is 1.90 bits per heavy atom. The molecule has 0 bridgehead atoms. The van der Waals surface area contributed by atoms with Gasteiger partial charge in [-0.25, -0.2) is 13.6 Å². The first-order valence-corrected chi connectivity index (χ1v) is 10.4. The van der Waals surface area contributed by atoms with Gasteiger partial charge in [-0.2, -0.15) is 0 Å². The van der Waals surface area contributed by atoms with Gasteiger partial charge in [0.15, 0.2) is 5.78 Å². The fraction of sp³-hybridized carbons (Fsp3) is 0.333. The molecular weight excluding hydrogens is 402 g/mol. The summed E-state index contributed by atoms with van der Waals surface area (Å²) >= 11 is 0. The van der Waals surface area contributed by atoms with Gasteiger partial charge in [0.25, 0.3) is 0 Å². The van der Waals surface area contributed by atoms with Crippen molar-refractivity contribution in [3.05, 3.63) is 70.6 Å². The van der Waals surface area contributed by atoms with E-state index in [1.165, 1.54) is 41.0 Å². The predicted octanol–water partition coefficient (Wildman–Crippen LogP) is 5.30. The molecule has 31 heavy (non-hydrogen) atoms. The van der Waals surface area contributed by atoms with Gasteiger partial charge in [-0.1, -0.05) is 6.92 Å². The van der Waals surface area contributed by atoms with E-state index >= 15 is 0 Å². The van der Waals surface area contributed by atoms with Gasteiger partial charge in [0.05, 0.1) is 18.0 Å². The highest BCUT2D eigenvalue weighted by atomic mass is 19.1. The van der Waals surface area contributed by atoms with Crippen LogP contribution in [0, 0.1) is 11.7 Å². The van der Waals surface area contributed by atoms with Crippen LogP contribution < -0.4 is 5.32 Å². The molecule has 0 saturated heterocycles. The largest absolute Gasteiger partial charge is 0.449 e. The Balaban J connectivity index is 1.76. The monoisotopic (exact) mass is 426 g/mol. The molecule has 0 spiro atoms. The fourth-order valence-corrected chi connectivity index (χ4v) is 4.19.